The zero-order valence-electron chi connectivity index (χ0n) is 20.8. The van der Waals surface area contributed by atoms with Crippen molar-refractivity contribution in [2.24, 2.45) is 5.10 Å². The summed E-state index contributed by atoms with van der Waals surface area (Å²) in [6.07, 6.45) is 1.33. The van der Waals surface area contributed by atoms with E-state index in [-0.39, 0.29) is 18.0 Å². The lowest BCUT2D eigenvalue weighted by Gasteiger charge is -2.11. The van der Waals surface area contributed by atoms with E-state index in [4.69, 9.17) is 21.3 Å². The number of aromatic nitrogens is 1. The second-order valence-corrected chi connectivity index (χ2v) is 9.89. The van der Waals surface area contributed by atoms with Gasteiger partial charge in [0.15, 0.2) is 0 Å². The summed E-state index contributed by atoms with van der Waals surface area (Å²) in [4.78, 5) is 29.1. The molecule has 0 fully saturated rings. The predicted octanol–water partition coefficient (Wildman–Crippen LogP) is 7.57. The van der Waals surface area contributed by atoms with E-state index >= 15 is 0 Å². The highest BCUT2D eigenvalue weighted by molar-refractivity contribution is 9.10. The normalized spacial score (nSPS) is 11.1. The number of hydrogen-bond donors (Lipinski definition) is 1. The van der Waals surface area contributed by atoms with E-state index in [0.29, 0.717) is 42.8 Å². The highest BCUT2D eigenvalue weighted by atomic mass is 79.9. The van der Waals surface area contributed by atoms with Gasteiger partial charge in [-0.3, -0.25) is 14.9 Å². The number of ether oxygens (including phenoxy) is 1. The number of halogens is 2. The molecule has 0 aliphatic rings. The Hall–Kier alpha value is -4.60. The number of carbonyl (C=O) groups excluding carboxylic acids is 1. The lowest BCUT2D eigenvalue weighted by atomic mass is 10.0. The molecule has 5 aromatic rings. The average molecular weight is 616 g/mol. The minimum Gasteiger partial charge on any atom is -0.481 e. The lowest BCUT2D eigenvalue weighted by Crippen LogP contribution is -2.18. The number of rotatable bonds is 8. The van der Waals surface area contributed by atoms with Gasteiger partial charge in [-0.15, -0.1) is 0 Å². The minimum atomic E-state index is -0.545. The maximum atomic E-state index is 13.2. The summed E-state index contributed by atoms with van der Waals surface area (Å²) in [5.41, 5.74) is 5.94. The van der Waals surface area contributed by atoms with Crippen LogP contribution in [0.5, 0.6) is 5.75 Å². The molecule has 1 N–H and O–H groups in total. The second kappa shape index (κ2) is 12.1. The Balaban J connectivity index is 1.38. The molecule has 198 valence electrons. The van der Waals surface area contributed by atoms with Gasteiger partial charge in [0.25, 0.3) is 5.91 Å². The number of benzene rings is 4. The Kier molecular flexibility index (Phi) is 8.14. The molecule has 1 heterocycles. The predicted molar refractivity (Wildman–Crippen MR) is 159 cm³/mol. The number of hydrogen-bond acceptors (Lipinski definition) is 6. The molecule has 1 amide bonds. The smallest absolute Gasteiger partial charge is 0.312 e. The zero-order valence-corrected chi connectivity index (χ0v) is 23.1. The van der Waals surface area contributed by atoms with E-state index in [9.17, 15) is 14.9 Å². The van der Waals surface area contributed by atoms with E-state index in [2.05, 4.69) is 26.5 Å². The number of carbonyl (C=O) groups is 1. The Morgan fingerprint density at radius 3 is 2.52 bits per heavy atom. The van der Waals surface area contributed by atoms with Gasteiger partial charge >= 0.3 is 5.69 Å². The van der Waals surface area contributed by atoms with Gasteiger partial charge in [-0.1, -0.05) is 78.3 Å². The molecule has 0 radical (unpaired) electrons. The van der Waals surface area contributed by atoms with Crippen molar-refractivity contribution < 1.29 is 14.5 Å². The van der Waals surface area contributed by atoms with E-state index in [1.165, 1.54) is 12.3 Å². The van der Waals surface area contributed by atoms with Gasteiger partial charge in [0, 0.05) is 33.2 Å². The third-order valence-electron chi connectivity index (χ3n) is 5.98. The molecule has 0 atom stereocenters. The van der Waals surface area contributed by atoms with Gasteiger partial charge in [0.2, 0.25) is 5.75 Å². The van der Waals surface area contributed by atoms with Gasteiger partial charge in [-0.05, 0) is 40.2 Å². The molecule has 0 spiro atoms. The lowest BCUT2D eigenvalue weighted by molar-refractivity contribution is -0.386. The maximum Gasteiger partial charge on any atom is 0.312 e. The number of para-hydroxylation sites is 1. The van der Waals surface area contributed by atoms with Crippen molar-refractivity contribution in [3.8, 4) is 17.0 Å². The van der Waals surface area contributed by atoms with Crippen molar-refractivity contribution in [2.75, 3.05) is 0 Å². The van der Waals surface area contributed by atoms with Gasteiger partial charge in [0.1, 0.15) is 6.61 Å². The summed E-state index contributed by atoms with van der Waals surface area (Å²) in [6.45, 7) is 0.0491. The van der Waals surface area contributed by atoms with Crippen LogP contribution in [0, 0.1) is 10.1 Å². The molecule has 0 aliphatic carbocycles. The first kappa shape index (κ1) is 27.0. The van der Waals surface area contributed by atoms with Crippen LogP contribution in [0.15, 0.2) is 107 Å². The van der Waals surface area contributed by atoms with Gasteiger partial charge in [-0.2, -0.15) is 5.10 Å². The maximum absolute atomic E-state index is 13.2. The van der Waals surface area contributed by atoms with E-state index < -0.39 is 10.8 Å². The minimum absolute atomic E-state index is 0.0491. The number of amides is 1. The average Bonchev–Trinajstić information content (AvgIpc) is 2.97. The molecule has 10 heteroatoms. The number of pyridine rings is 1. The fraction of sp³-hybridized carbons (Fsp3) is 0.0333. The van der Waals surface area contributed by atoms with Crippen LogP contribution in [0.25, 0.3) is 22.2 Å². The molecule has 0 saturated carbocycles. The molecule has 8 nitrogen and oxygen atoms in total. The van der Waals surface area contributed by atoms with Gasteiger partial charge < -0.3 is 4.74 Å². The highest BCUT2D eigenvalue weighted by Crippen LogP contribution is 2.37. The Morgan fingerprint density at radius 2 is 1.75 bits per heavy atom. The molecule has 40 heavy (non-hydrogen) atoms. The third-order valence-corrected chi connectivity index (χ3v) is 6.94. The Morgan fingerprint density at radius 1 is 1.02 bits per heavy atom. The quantitative estimate of drug-likeness (QED) is 0.110. The topological polar surface area (TPSA) is 107 Å². The van der Waals surface area contributed by atoms with Crippen molar-refractivity contribution in [2.45, 2.75) is 6.61 Å². The SMILES string of the molecule is O=C(N/N=C\c1cc(Br)c(OCc2ccccc2Cl)c([N+](=O)[O-])c1)c1cc(-c2ccccc2)nc2ccccc12. The van der Waals surface area contributed by atoms with E-state index in [1.807, 2.05) is 54.6 Å². The van der Waals surface area contributed by atoms with Crippen LogP contribution in [0.2, 0.25) is 5.02 Å². The second-order valence-electron chi connectivity index (χ2n) is 8.63. The first-order valence-electron chi connectivity index (χ1n) is 12.0. The fourth-order valence-corrected chi connectivity index (χ4v) is 4.84. The first-order valence-corrected chi connectivity index (χ1v) is 13.2. The largest absolute Gasteiger partial charge is 0.481 e. The first-order chi connectivity index (χ1) is 19.4. The summed E-state index contributed by atoms with van der Waals surface area (Å²) >= 11 is 9.53. The molecule has 1 aromatic heterocycles. The zero-order chi connectivity index (χ0) is 28.1. The van der Waals surface area contributed by atoms with E-state index in [1.54, 1.807) is 36.4 Å². The molecule has 4 aromatic carbocycles. The van der Waals surface area contributed by atoms with Crippen molar-refractivity contribution in [3.05, 3.63) is 133 Å². The van der Waals surface area contributed by atoms with Crippen molar-refractivity contribution in [1.82, 2.24) is 10.4 Å². The molecule has 0 unspecified atom stereocenters. The standard InChI is InChI=1S/C30H20BrClN4O4/c31-24-14-19(15-28(36(38)39)29(24)40-18-21-10-4-6-12-25(21)32)17-33-35-30(37)23-16-27(20-8-2-1-3-9-20)34-26-13-7-5-11-22(23)26/h1-17H,18H2,(H,35,37)/b33-17-. The van der Waals surface area contributed by atoms with Crippen LogP contribution in [0.1, 0.15) is 21.5 Å². The van der Waals surface area contributed by atoms with Crippen LogP contribution in [-0.4, -0.2) is 22.0 Å². The molecular weight excluding hydrogens is 596 g/mol. The number of fused-ring (bicyclic) bond motifs is 1. The van der Waals surface area contributed by atoms with E-state index in [0.717, 1.165) is 5.56 Å². The van der Waals surface area contributed by atoms with Crippen LogP contribution in [0.4, 0.5) is 5.69 Å². The summed E-state index contributed by atoms with van der Waals surface area (Å²) in [5, 5.41) is 17.0. The van der Waals surface area contributed by atoms with Crippen molar-refractivity contribution in [1.29, 1.82) is 0 Å². The van der Waals surface area contributed by atoms with Crippen LogP contribution in [-0.2, 0) is 6.61 Å². The molecule has 0 saturated heterocycles. The fourth-order valence-electron chi connectivity index (χ4n) is 4.06. The van der Waals surface area contributed by atoms with Crippen LogP contribution < -0.4 is 10.2 Å². The molecular formula is C30H20BrClN4O4. The summed E-state index contributed by atoms with van der Waals surface area (Å²) in [5.74, 6) is -0.386. The van der Waals surface area contributed by atoms with Gasteiger partial charge in [0.05, 0.1) is 32.4 Å². The molecule has 0 aliphatic heterocycles. The van der Waals surface area contributed by atoms with Crippen molar-refractivity contribution in [3.63, 3.8) is 0 Å². The number of nitro benzene ring substituents is 1. The summed E-state index contributed by atoms with van der Waals surface area (Å²) in [6, 6.07) is 28.6. The summed E-state index contributed by atoms with van der Waals surface area (Å²) in [7, 11) is 0. The van der Waals surface area contributed by atoms with Crippen LogP contribution >= 0.6 is 27.5 Å². The third kappa shape index (κ3) is 6.01. The van der Waals surface area contributed by atoms with Gasteiger partial charge in [-0.25, -0.2) is 10.4 Å². The molecule has 5 rings (SSSR count). The Labute approximate surface area is 242 Å². The van der Waals surface area contributed by atoms with Crippen molar-refractivity contribution >= 4 is 56.2 Å². The monoisotopic (exact) mass is 614 g/mol. The number of nitro groups is 1. The molecule has 0 bridgehead atoms. The number of hydrazone groups is 1. The number of nitrogens with zero attached hydrogens (tertiary/aromatic N) is 3. The summed E-state index contributed by atoms with van der Waals surface area (Å²) < 4.78 is 6.10. The Bertz CT molecular complexity index is 1760. The number of nitrogens with one attached hydrogen (secondary N) is 1. The highest BCUT2D eigenvalue weighted by Gasteiger charge is 2.21. The van der Waals surface area contributed by atoms with Crippen LogP contribution in [0.3, 0.4) is 0 Å².